The number of ether oxygens (including phenoxy) is 2. The Kier molecular flexibility index (Phi) is 5.73. The predicted molar refractivity (Wildman–Crippen MR) is 99.7 cm³/mol. The van der Waals surface area contributed by atoms with E-state index in [0.717, 1.165) is 25.2 Å². The Morgan fingerprint density at radius 3 is 2.15 bits per heavy atom. The van der Waals surface area contributed by atoms with Crippen LogP contribution in [0.5, 0.6) is 11.5 Å². The fourth-order valence-corrected chi connectivity index (χ4v) is 3.25. The Morgan fingerprint density at radius 2 is 1.62 bits per heavy atom. The monoisotopic (exact) mass is 355 g/mol. The van der Waals surface area contributed by atoms with Crippen LogP contribution in [0.2, 0.25) is 0 Å². The van der Waals surface area contributed by atoms with Crippen molar-refractivity contribution >= 4 is 5.91 Å². The predicted octanol–water partition coefficient (Wildman–Crippen LogP) is 2.37. The number of carbonyl (C=O) groups excluding carboxylic acids is 1. The van der Waals surface area contributed by atoms with Gasteiger partial charge in [0, 0.05) is 56.2 Å². The van der Waals surface area contributed by atoms with Gasteiger partial charge in [0.1, 0.15) is 11.5 Å². The molecule has 3 rings (SSSR count). The largest absolute Gasteiger partial charge is 0.496 e. The third-order valence-electron chi connectivity index (χ3n) is 4.81. The Balaban J connectivity index is 1.65. The van der Waals surface area contributed by atoms with Crippen LogP contribution in [-0.4, -0.2) is 61.1 Å². The van der Waals surface area contributed by atoms with Gasteiger partial charge in [-0.3, -0.25) is 14.7 Å². The maximum Gasteiger partial charge on any atom is 0.254 e. The molecule has 138 valence electrons. The summed E-state index contributed by atoms with van der Waals surface area (Å²) in [5, 5.41) is 0. The third-order valence-corrected chi connectivity index (χ3v) is 4.81. The summed E-state index contributed by atoms with van der Waals surface area (Å²) in [5.41, 5.74) is 2.74. The van der Waals surface area contributed by atoms with E-state index in [2.05, 4.69) is 9.88 Å². The molecule has 0 radical (unpaired) electrons. The fraction of sp³-hybridized carbons (Fsp3) is 0.400. The Morgan fingerprint density at radius 1 is 1.04 bits per heavy atom. The molecule has 0 atom stereocenters. The molecule has 1 aliphatic rings. The van der Waals surface area contributed by atoms with E-state index in [0.29, 0.717) is 30.2 Å². The number of amides is 1. The first-order valence-electron chi connectivity index (χ1n) is 8.75. The maximum atomic E-state index is 12.9. The normalized spacial score (nSPS) is 15.0. The van der Waals surface area contributed by atoms with E-state index in [1.807, 2.05) is 36.4 Å². The second kappa shape index (κ2) is 8.19. The molecule has 1 amide bonds. The minimum absolute atomic E-state index is 0.0187. The number of nitrogens with zero attached hydrogens (tertiary/aromatic N) is 3. The fourth-order valence-electron chi connectivity index (χ4n) is 3.25. The number of benzene rings is 1. The lowest BCUT2D eigenvalue weighted by Gasteiger charge is -2.35. The molecule has 0 N–H and O–H groups in total. The molecular formula is C20H25N3O3. The second-order valence-corrected chi connectivity index (χ2v) is 6.43. The molecule has 6 nitrogen and oxygen atoms in total. The molecule has 0 bridgehead atoms. The van der Waals surface area contributed by atoms with Gasteiger partial charge in [0.15, 0.2) is 0 Å². The molecule has 1 aromatic heterocycles. The number of hydrogen-bond acceptors (Lipinski definition) is 5. The van der Waals surface area contributed by atoms with Crippen molar-refractivity contribution in [2.45, 2.75) is 13.5 Å². The number of hydrogen-bond donors (Lipinski definition) is 0. The van der Waals surface area contributed by atoms with E-state index < -0.39 is 0 Å². The summed E-state index contributed by atoms with van der Waals surface area (Å²) in [6.07, 6.45) is 3.63. The molecule has 1 aliphatic heterocycles. The first kappa shape index (κ1) is 18.2. The van der Waals surface area contributed by atoms with E-state index in [4.69, 9.17) is 9.47 Å². The Labute approximate surface area is 154 Å². The van der Waals surface area contributed by atoms with Crippen molar-refractivity contribution < 1.29 is 14.3 Å². The number of rotatable bonds is 5. The summed E-state index contributed by atoms with van der Waals surface area (Å²) in [5.74, 6) is 1.36. The van der Waals surface area contributed by atoms with Crippen molar-refractivity contribution in [2.24, 2.45) is 0 Å². The van der Waals surface area contributed by atoms with Crippen molar-refractivity contribution in [1.29, 1.82) is 0 Å². The standard InChI is InChI=1S/C20H25N3O3/c1-15-18(25-2)12-17(13-19(15)26-3)20(24)23-10-8-22(9-11-23)14-16-4-6-21-7-5-16/h4-7,12-13H,8-11,14H2,1-3H3. The Bertz CT molecular complexity index is 731. The summed E-state index contributed by atoms with van der Waals surface area (Å²) < 4.78 is 10.8. The van der Waals surface area contributed by atoms with E-state index in [1.54, 1.807) is 26.4 Å². The van der Waals surface area contributed by atoms with Crippen LogP contribution >= 0.6 is 0 Å². The van der Waals surface area contributed by atoms with Crippen LogP contribution in [-0.2, 0) is 6.54 Å². The van der Waals surface area contributed by atoms with Crippen molar-refractivity contribution in [1.82, 2.24) is 14.8 Å². The first-order valence-corrected chi connectivity index (χ1v) is 8.75. The van der Waals surface area contributed by atoms with Gasteiger partial charge in [-0.1, -0.05) is 0 Å². The summed E-state index contributed by atoms with van der Waals surface area (Å²) in [6.45, 7) is 5.94. The lowest BCUT2D eigenvalue weighted by Crippen LogP contribution is -2.48. The third kappa shape index (κ3) is 3.96. The van der Waals surface area contributed by atoms with E-state index >= 15 is 0 Å². The first-order chi connectivity index (χ1) is 12.6. The van der Waals surface area contributed by atoms with Crippen LogP contribution in [0.4, 0.5) is 0 Å². The summed E-state index contributed by atoms with van der Waals surface area (Å²) in [7, 11) is 3.21. The molecule has 2 heterocycles. The average Bonchev–Trinajstić information content (AvgIpc) is 2.69. The zero-order chi connectivity index (χ0) is 18.5. The zero-order valence-corrected chi connectivity index (χ0v) is 15.6. The van der Waals surface area contributed by atoms with Crippen LogP contribution in [0.15, 0.2) is 36.7 Å². The Hall–Kier alpha value is -2.60. The molecule has 1 aromatic carbocycles. The zero-order valence-electron chi connectivity index (χ0n) is 15.6. The summed E-state index contributed by atoms with van der Waals surface area (Å²) in [4.78, 5) is 21.2. The van der Waals surface area contributed by atoms with Crippen molar-refractivity contribution in [3.8, 4) is 11.5 Å². The number of carbonyl (C=O) groups is 1. The maximum absolute atomic E-state index is 12.9. The van der Waals surface area contributed by atoms with Crippen LogP contribution in [0.1, 0.15) is 21.5 Å². The molecular weight excluding hydrogens is 330 g/mol. The van der Waals surface area contributed by atoms with Gasteiger partial charge in [0.2, 0.25) is 0 Å². The van der Waals surface area contributed by atoms with Gasteiger partial charge in [0.05, 0.1) is 14.2 Å². The number of piperazine rings is 1. The van der Waals surface area contributed by atoms with Gasteiger partial charge in [-0.05, 0) is 36.8 Å². The van der Waals surface area contributed by atoms with Gasteiger partial charge >= 0.3 is 0 Å². The highest BCUT2D eigenvalue weighted by atomic mass is 16.5. The minimum atomic E-state index is 0.0187. The summed E-state index contributed by atoms with van der Waals surface area (Å²) >= 11 is 0. The molecule has 1 fully saturated rings. The summed E-state index contributed by atoms with van der Waals surface area (Å²) in [6, 6.07) is 7.65. The van der Waals surface area contributed by atoms with Crippen molar-refractivity contribution in [2.75, 3.05) is 40.4 Å². The van der Waals surface area contributed by atoms with Crippen LogP contribution in [0, 0.1) is 6.92 Å². The smallest absolute Gasteiger partial charge is 0.254 e. The van der Waals surface area contributed by atoms with Gasteiger partial charge in [-0.2, -0.15) is 0 Å². The highest BCUT2D eigenvalue weighted by molar-refractivity contribution is 5.95. The topological polar surface area (TPSA) is 54.9 Å². The molecule has 0 aliphatic carbocycles. The van der Waals surface area contributed by atoms with Crippen molar-refractivity contribution in [3.05, 3.63) is 53.3 Å². The van der Waals surface area contributed by atoms with Gasteiger partial charge in [-0.25, -0.2) is 0 Å². The number of methoxy groups -OCH3 is 2. The van der Waals surface area contributed by atoms with Gasteiger partial charge in [-0.15, -0.1) is 0 Å². The van der Waals surface area contributed by atoms with Crippen LogP contribution < -0.4 is 9.47 Å². The number of pyridine rings is 1. The van der Waals surface area contributed by atoms with E-state index in [9.17, 15) is 4.79 Å². The molecule has 26 heavy (non-hydrogen) atoms. The highest BCUT2D eigenvalue weighted by Crippen LogP contribution is 2.30. The minimum Gasteiger partial charge on any atom is -0.496 e. The average molecular weight is 355 g/mol. The van der Waals surface area contributed by atoms with Gasteiger partial charge < -0.3 is 14.4 Å². The quantitative estimate of drug-likeness (QED) is 0.824. The molecule has 0 spiro atoms. The van der Waals surface area contributed by atoms with Crippen LogP contribution in [0.3, 0.4) is 0 Å². The molecule has 0 unspecified atom stereocenters. The molecule has 6 heteroatoms. The van der Waals surface area contributed by atoms with Crippen LogP contribution in [0.25, 0.3) is 0 Å². The van der Waals surface area contributed by atoms with E-state index in [-0.39, 0.29) is 5.91 Å². The lowest BCUT2D eigenvalue weighted by atomic mass is 10.1. The van der Waals surface area contributed by atoms with Crippen molar-refractivity contribution in [3.63, 3.8) is 0 Å². The second-order valence-electron chi connectivity index (χ2n) is 6.43. The SMILES string of the molecule is COc1cc(C(=O)N2CCN(Cc3ccncc3)CC2)cc(OC)c1C. The van der Waals surface area contributed by atoms with E-state index in [1.165, 1.54) is 5.56 Å². The van der Waals surface area contributed by atoms with Gasteiger partial charge in [0.25, 0.3) is 5.91 Å². The number of aromatic nitrogens is 1. The highest BCUT2D eigenvalue weighted by Gasteiger charge is 2.23. The lowest BCUT2D eigenvalue weighted by molar-refractivity contribution is 0.0627. The molecule has 1 saturated heterocycles. The molecule has 2 aromatic rings. The molecule has 0 saturated carbocycles.